The lowest BCUT2D eigenvalue weighted by Crippen LogP contribution is -2.32. The number of benzene rings is 1. The van der Waals surface area contributed by atoms with Crippen molar-refractivity contribution in [1.29, 1.82) is 0 Å². The quantitative estimate of drug-likeness (QED) is 0.645. The summed E-state index contributed by atoms with van der Waals surface area (Å²) >= 11 is 1.56. The summed E-state index contributed by atoms with van der Waals surface area (Å²) in [5.41, 5.74) is 1.09. The van der Waals surface area contributed by atoms with Gasteiger partial charge in [-0.25, -0.2) is 0 Å². The SMILES string of the molecule is c1ccc2c(NCCNC3CCCCCC3)snc2c1. The lowest BCUT2D eigenvalue weighted by Gasteiger charge is -2.16. The van der Waals surface area contributed by atoms with E-state index in [4.69, 9.17) is 0 Å². The zero-order chi connectivity index (χ0) is 13.6. The summed E-state index contributed by atoms with van der Waals surface area (Å²) in [7, 11) is 0. The van der Waals surface area contributed by atoms with Crippen LogP contribution in [0.3, 0.4) is 0 Å². The van der Waals surface area contributed by atoms with Crippen LogP contribution >= 0.6 is 11.5 Å². The zero-order valence-corrected chi connectivity index (χ0v) is 12.7. The molecular weight excluding hydrogens is 266 g/mol. The standard InChI is InChI=1S/C16H23N3S/c1-2-4-8-13(7-3-1)17-11-12-18-16-14-9-5-6-10-15(14)19-20-16/h5-6,9-10,13,17-18H,1-4,7-8,11-12H2. The molecular formula is C16H23N3S. The number of hydrogen-bond acceptors (Lipinski definition) is 4. The molecule has 1 saturated carbocycles. The Morgan fingerprint density at radius 2 is 1.85 bits per heavy atom. The van der Waals surface area contributed by atoms with Crippen LogP contribution in [0.4, 0.5) is 5.00 Å². The van der Waals surface area contributed by atoms with Crippen LogP contribution in [-0.2, 0) is 0 Å². The Balaban J connectivity index is 1.45. The summed E-state index contributed by atoms with van der Waals surface area (Å²) in [6.07, 6.45) is 8.33. The molecule has 0 atom stereocenters. The van der Waals surface area contributed by atoms with E-state index in [1.807, 2.05) is 6.07 Å². The molecule has 1 aromatic carbocycles. The average Bonchev–Trinajstić information content (AvgIpc) is 2.71. The van der Waals surface area contributed by atoms with Crippen LogP contribution in [0, 0.1) is 0 Å². The molecule has 1 aliphatic rings. The van der Waals surface area contributed by atoms with Gasteiger partial charge in [-0.2, -0.15) is 4.37 Å². The van der Waals surface area contributed by atoms with Gasteiger partial charge in [0.15, 0.2) is 0 Å². The third-order valence-electron chi connectivity index (χ3n) is 4.08. The Labute approximate surface area is 124 Å². The maximum absolute atomic E-state index is 4.46. The molecule has 0 radical (unpaired) electrons. The molecule has 1 heterocycles. The van der Waals surface area contributed by atoms with Gasteiger partial charge in [0.1, 0.15) is 5.00 Å². The van der Waals surface area contributed by atoms with Crippen molar-refractivity contribution in [3.8, 4) is 0 Å². The molecule has 1 fully saturated rings. The van der Waals surface area contributed by atoms with Crippen molar-refractivity contribution in [3.05, 3.63) is 24.3 Å². The third kappa shape index (κ3) is 3.49. The second-order valence-corrected chi connectivity index (χ2v) is 6.37. The maximum atomic E-state index is 4.46. The van der Waals surface area contributed by atoms with Crippen LogP contribution in [-0.4, -0.2) is 23.5 Å². The monoisotopic (exact) mass is 289 g/mol. The van der Waals surface area contributed by atoms with E-state index in [9.17, 15) is 0 Å². The Kier molecular flexibility index (Phi) is 4.87. The molecule has 0 saturated heterocycles. The molecule has 0 aliphatic heterocycles. The van der Waals surface area contributed by atoms with Gasteiger partial charge >= 0.3 is 0 Å². The van der Waals surface area contributed by atoms with Gasteiger partial charge in [0.05, 0.1) is 5.52 Å². The van der Waals surface area contributed by atoms with Crippen LogP contribution in [0.1, 0.15) is 38.5 Å². The van der Waals surface area contributed by atoms with Crippen LogP contribution in [0.25, 0.3) is 10.9 Å². The van der Waals surface area contributed by atoms with Gasteiger partial charge in [-0.15, -0.1) is 0 Å². The summed E-state index contributed by atoms with van der Waals surface area (Å²) < 4.78 is 4.46. The van der Waals surface area contributed by atoms with E-state index < -0.39 is 0 Å². The van der Waals surface area contributed by atoms with Crippen LogP contribution < -0.4 is 10.6 Å². The molecule has 3 rings (SSSR count). The lowest BCUT2D eigenvalue weighted by atomic mass is 10.1. The number of aromatic nitrogens is 1. The van der Waals surface area contributed by atoms with Gasteiger partial charge in [-0.05, 0) is 36.5 Å². The van der Waals surface area contributed by atoms with E-state index in [0.717, 1.165) is 24.6 Å². The Morgan fingerprint density at radius 3 is 2.70 bits per heavy atom. The van der Waals surface area contributed by atoms with Gasteiger partial charge in [-0.1, -0.05) is 37.8 Å². The molecule has 3 nitrogen and oxygen atoms in total. The van der Waals surface area contributed by atoms with Crippen molar-refractivity contribution >= 4 is 27.4 Å². The van der Waals surface area contributed by atoms with E-state index in [1.165, 1.54) is 48.9 Å². The molecule has 0 bridgehead atoms. The molecule has 2 aromatic rings. The van der Waals surface area contributed by atoms with Gasteiger partial charge < -0.3 is 10.6 Å². The van der Waals surface area contributed by atoms with Gasteiger partial charge in [-0.3, -0.25) is 0 Å². The largest absolute Gasteiger partial charge is 0.374 e. The number of rotatable bonds is 5. The van der Waals surface area contributed by atoms with Crippen molar-refractivity contribution in [2.45, 2.75) is 44.6 Å². The van der Waals surface area contributed by atoms with Gasteiger partial charge in [0, 0.05) is 24.5 Å². The predicted molar refractivity (Wildman–Crippen MR) is 87.6 cm³/mol. The molecule has 1 aromatic heterocycles. The third-order valence-corrected chi connectivity index (χ3v) is 4.92. The van der Waals surface area contributed by atoms with E-state index in [2.05, 4.69) is 33.2 Å². The number of anilines is 1. The summed E-state index contributed by atoms with van der Waals surface area (Å²) in [5.74, 6) is 0. The van der Waals surface area contributed by atoms with E-state index in [0.29, 0.717) is 0 Å². The van der Waals surface area contributed by atoms with E-state index >= 15 is 0 Å². The summed E-state index contributed by atoms with van der Waals surface area (Å²) in [5, 5.41) is 9.65. The maximum Gasteiger partial charge on any atom is 0.117 e. The minimum Gasteiger partial charge on any atom is -0.374 e. The number of fused-ring (bicyclic) bond motifs is 1. The molecule has 4 heteroatoms. The van der Waals surface area contributed by atoms with Crippen molar-refractivity contribution < 1.29 is 0 Å². The predicted octanol–water partition coefficient (Wildman–Crippen LogP) is 4.02. The molecule has 20 heavy (non-hydrogen) atoms. The zero-order valence-electron chi connectivity index (χ0n) is 11.9. The highest BCUT2D eigenvalue weighted by Gasteiger charge is 2.11. The second kappa shape index (κ2) is 7.04. The van der Waals surface area contributed by atoms with Gasteiger partial charge in [0.25, 0.3) is 0 Å². The highest BCUT2D eigenvalue weighted by Crippen LogP contribution is 2.26. The molecule has 108 valence electrons. The topological polar surface area (TPSA) is 37.0 Å². The number of nitrogens with zero attached hydrogens (tertiary/aromatic N) is 1. The second-order valence-electron chi connectivity index (χ2n) is 5.60. The van der Waals surface area contributed by atoms with Crippen LogP contribution in [0.15, 0.2) is 24.3 Å². The smallest absolute Gasteiger partial charge is 0.117 e. The minimum atomic E-state index is 0.734. The summed E-state index contributed by atoms with van der Waals surface area (Å²) in [4.78, 5) is 0. The molecule has 1 aliphatic carbocycles. The first-order valence-corrected chi connectivity index (χ1v) is 8.52. The fraction of sp³-hybridized carbons (Fsp3) is 0.562. The highest BCUT2D eigenvalue weighted by molar-refractivity contribution is 7.11. The average molecular weight is 289 g/mol. The highest BCUT2D eigenvalue weighted by atomic mass is 32.1. The van der Waals surface area contributed by atoms with Crippen molar-refractivity contribution in [1.82, 2.24) is 9.69 Å². The number of hydrogen-bond donors (Lipinski definition) is 2. The van der Waals surface area contributed by atoms with Crippen molar-refractivity contribution in [3.63, 3.8) is 0 Å². The summed E-state index contributed by atoms with van der Waals surface area (Å²) in [6.45, 7) is 2.01. The Hall–Kier alpha value is -1.13. The first-order chi connectivity index (χ1) is 9.93. The van der Waals surface area contributed by atoms with Crippen molar-refractivity contribution in [2.75, 3.05) is 18.4 Å². The molecule has 0 amide bonds. The molecule has 2 N–H and O–H groups in total. The normalized spacial score (nSPS) is 17.2. The first kappa shape index (κ1) is 13.8. The fourth-order valence-electron chi connectivity index (χ4n) is 2.95. The van der Waals surface area contributed by atoms with Crippen LogP contribution in [0.2, 0.25) is 0 Å². The van der Waals surface area contributed by atoms with E-state index in [-0.39, 0.29) is 0 Å². The van der Waals surface area contributed by atoms with E-state index in [1.54, 1.807) is 11.5 Å². The molecule has 0 unspecified atom stereocenters. The summed E-state index contributed by atoms with van der Waals surface area (Å²) in [6, 6.07) is 9.06. The Bertz CT molecular complexity index is 529. The van der Waals surface area contributed by atoms with Gasteiger partial charge in [0.2, 0.25) is 0 Å². The van der Waals surface area contributed by atoms with Crippen LogP contribution in [0.5, 0.6) is 0 Å². The first-order valence-electron chi connectivity index (χ1n) is 7.75. The number of nitrogens with one attached hydrogen (secondary N) is 2. The Morgan fingerprint density at radius 1 is 1.05 bits per heavy atom. The fourth-order valence-corrected chi connectivity index (χ4v) is 3.74. The molecule has 0 spiro atoms. The minimum absolute atomic E-state index is 0.734. The lowest BCUT2D eigenvalue weighted by molar-refractivity contribution is 0.468. The van der Waals surface area contributed by atoms with Crippen molar-refractivity contribution in [2.24, 2.45) is 0 Å².